The van der Waals surface area contributed by atoms with E-state index in [2.05, 4.69) is 26.2 Å². The van der Waals surface area contributed by atoms with Crippen LogP contribution in [0.25, 0.3) is 0 Å². The van der Waals surface area contributed by atoms with Crippen molar-refractivity contribution in [2.45, 2.75) is 49.1 Å². The lowest BCUT2D eigenvalue weighted by molar-refractivity contribution is -0.161. The first-order valence-electron chi connectivity index (χ1n) is 15.9. The number of carbonyl (C=O) groups excluding carboxylic acids is 6. The average Bonchev–Trinajstić information content (AvgIpc) is 3.78. The molecule has 1 aromatic heterocycles. The molecule has 6 amide bonds. The number of nitrogen functional groups attached to an aromatic ring is 1. The highest BCUT2D eigenvalue weighted by atomic mass is 35.5. The number of amides is 6. The predicted octanol–water partition coefficient (Wildman–Crippen LogP) is -0.979. The van der Waals surface area contributed by atoms with Crippen LogP contribution >= 0.6 is 34.7 Å². The van der Waals surface area contributed by atoms with Gasteiger partial charge in [-0.25, -0.2) is 24.4 Å². The number of aliphatic carboxylic acids is 2. The second-order valence-corrected chi connectivity index (χ2v) is 15.6. The average molecular weight is 826 g/mol. The number of fused-ring (bicyclic) bond motifs is 1. The molecule has 0 radical (unpaired) electrons. The number of hydrazine groups is 1. The molecule has 4 heterocycles. The van der Waals surface area contributed by atoms with Crippen LogP contribution < -0.4 is 21.8 Å². The zero-order chi connectivity index (χ0) is 40.7. The van der Waals surface area contributed by atoms with E-state index in [1.807, 2.05) is 0 Å². The van der Waals surface area contributed by atoms with Crippen molar-refractivity contribution < 1.29 is 63.6 Å². The van der Waals surface area contributed by atoms with Crippen LogP contribution in [0.4, 0.5) is 9.93 Å². The number of oxime groups is 1. The molecule has 9 N–H and O–H groups in total. The Bertz CT molecular complexity index is 2060. The molecule has 3 atom stereocenters. The number of rotatable bonds is 14. The van der Waals surface area contributed by atoms with Crippen molar-refractivity contribution in [3.05, 3.63) is 33.3 Å². The number of anilines is 1. The second kappa shape index (κ2) is 15.1. The van der Waals surface area contributed by atoms with E-state index < -0.39 is 110 Å². The summed E-state index contributed by atoms with van der Waals surface area (Å²) in [7, 11) is 0. The van der Waals surface area contributed by atoms with Crippen LogP contribution in [0, 0.1) is 6.92 Å². The van der Waals surface area contributed by atoms with Gasteiger partial charge >= 0.3 is 18.0 Å². The molecule has 0 saturated carbocycles. The van der Waals surface area contributed by atoms with Crippen LogP contribution in [-0.2, 0) is 33.6 Å². The van der Waals surface area contributed by atoms with E-state index in [-0.39, 0.29) is 30.5 Å². The molecule has 0 bridgehead atoms. The minimum absolute atomic E-state index is 0.0374. The highest BCUT2D eigenvalue weighted by Crippen LogP contribution is 2.49. The van der Waals surface area contributed by atoms with Crippen LogP contribution in [0.3, 0.4) is 0 Å². The molecule has 3 aliphatic rings. The number of hydrogen-bond acceptors (Lipinski definition) is 16. The summed E-state index contributed by atoms with van der Waals surface area (Å²) in [5, 5.41) is 46.8. The maximum Gasteiger partial charge on any atom is 0.350 e. The summed E-state index contributed by atoms with van der Waals surface area (Å²) < 4.78 is 0. The van der Waals surface area contributed by atoms with E-state index in [1.54, 1.807) is 6.92 Å². The number of thioether (sulfide) groups is 1. The third-order valence-electron chi connectivity index (χ3n) is 8.48. The number of phenolic OH excluding ortho intramolecular Hbond substituents is 2. The zero-order valence-electron chi connectivity index (χ0n) is 28.8. The number of aryl methyl sites for hydroxylation is 1. The Hall–Kier alpha value is -5.88. The number of phenols is 2. The monoisotopic (exact) mass is 825 g/mol. The molecule has 3 aliphatic heterocycles. The minimum atomic E-state index is -2.04. The van der Waals surface area contributed by atoms with Crippen molar-refractivity contribution >= 4 is 92.9 Å². The van der Waals surface area contributed by atoms with Crippen molar-refractivity contribution in [1.29, 1.82) is 0 Å². The van der Waals surface area contributed by atoms with Crippen LogP contribution in [-0.4, -0.2) is 141 Å². The van der Waals surface area contributed by atoms with Gasteiger partial charge in [-0.05, 0) is 32.9 Å². The van der Waals surface area contributed by atoms with Gasteiger partial charge in [0.25, 0.3) is 17.6 Å². The number of urea groups is 1. The van der Waals surface area contributed by atoms with Crippen LogP contribution in [0.2, 0.25) is 5.02 Å². The van der Waals surface area contributed by atoms with E-state index in [0.29, 0.717) is 16.6 Å². The number of hydrogen-bond donors (Lipinski definition) is 8. The lowest BCUT2D eigenvalue weighted by atomic mass is 10.0. The summed E-state index contributed by atoms with van der Waals surface area (Å²) in [4.78, 5) is 112. The van der Waals surface area contributed by atoms with E-state index in [9.17, 15) is 58.8 Å². The van der Waals surface area contributed by atoms with E-state index in [4.69, 9.17) is 22.2 Å². The number of β-lactam (4-membered cyclic amide) rings is 1. The number of thiazole rings is 1. The highest BCUT2D eigenvalue weighted by molar-refractivity contribution is 8.02. The second-order valence-electron chi connectivity index (χ2n) is 12.6. The van der Waals surface area contributed by atoms with Crippen molar-refractivity contribution in [1.82, 2.24) is 35.9 Å². The first kappa shape index (κ1) is 40.3. The van der Waals surface area contributed by atoms with Crippen LogP contribution in [0.1, 0.15) is 41.2 Å². The number of carboxylic acids is 2. The first-order valence-corrected chi connectivity index (χ1v) is 17.9. The molecule has 3 fully saturated rings. The van der Waals surface area contributed by atoms with Crippen LogP contribution in [0.5, 0.6) is 11.5 Å². The Balaban J connectivity index is 1.21. The molecule has 22 nitrogen and oxygen atoms in total. The van der Waals surface area contributed by atoms with E-state index in [0.717, 1.165) is 38.3 Å². The zero-order valence-corrected chi connectivity index (χ0v) is 31.2. The molecule has 0 aliphatic carbocycles. The molecular weight excluding hydrogens is 794 g/mol. The van der Waals surface area contributed by atoms with Gasteiger partial charge in [-0.3, -0.25) is 34.3 Å². The number of carboxylic acid groups (broad SMARTS) is 2. The Kier molecular flexibility index (Phi) is 11.1. The van der Waals surface area contributed by atoms with Crippen molar-refractivity contribution in [2.75, 3.05) is 31.9 Å². The van der Waals surface area contributed by atoms with Crippen molar-refractivity contribution in [3.63, 3.8) is 0 Å². The number of aromatic hydroxyl groups is 2. The third-order valence-corrected chi connectivity index (χ3v) is 11.3. The third kappa shape index (κ3) is 7.59. The standard InChI is InChI=1S/C30H32ClN9O13S2/c1-11-16(35-27(32)54-11)17(37-53-29(2,3)25(48)49)21(45)34-18-23(47)38-10-30(26(50)51,55-24(18)38)39-8-9-40(28(39)52)36-14(42)6-7-33-22(46)19(43)12-4-5-13(41)20(44)15(12)31/h4-5,18,24,41,44H,6-10H2,1-3H3,(H2,32,35)(H,33,46)(H,34,45)(H,36,42)(H,48,49)(H,50,51)/b37-17-/t18-,24-,30-/m1/s1. The summed E-state index contributed by atoms with van der Waals surface area (Å²) in [5.41, 5.74) is 5.29. The largest absolute Gasteiger partial charge is 0.504 e. The fourth-order valence-electron chi connectivity index (χ4n) is 5.45. The molecule has 0 unspecified atom stereocenters. The molecule has 1 aromatic carbocycles. The Labute approximate surface area is 322 Å². The molecule has 3 saturated heterocycles. The number of nitrogens with one attached hydrogen (secondary N) is 3. The number of benzene rings is 1. The van der Waals surface area contributed by atoms with Gasteiger partial charge < -0.3 is 46.5 Å². The van der Waals surface area contributed by atoms with E-state index >= 15 is 0 Å². The van der Waals surface area contributed by atoms with Gasteiger partial charge in [-0.15, -0.1) is 11.3 Å². The quantitative estimate of drug-likeness (QED) is 0.0283. The first-order chi connectivity index (χ1) is 25.7. The Morgan fingerprint density at radius 3 is 2.44 bits per heavy atom. The number of carbonyl (C=O) groups is 8. The maximum atomic E-state index is 13.5. The van der Waals surface area contributed by atoms with Gasteiger partial charge in [0.05, 0.1) is 23.7 Å². The number of nitrogens with two attached hydrogens (primary N) is 1. The Morgan fingerprint density at radius 1 is 1.13 bits per heavy atom. The van der Waals surface area contributed by atoms with Crippen molar-refractivity contribution in [2.24, 2.45) is 5.16 Å². The number of aromatic nitrogens is 1. The van der Waals surface area contributed by atoms with Gasteiger partial charge in [0, 0.05) is 24.4 Å². The summed E-state index contributed by atoms with van der Waals surface area (Å²) >= 11 is 7.54. The number of halogens is 1. The number of nitrogens with zero attached hydrogens (tertiary/aromatic N) is 5. The normalized spacial score (nSPS) is 20.8. The topological polar surface area (TPSA) is 324 Å². The number of ketones is 1. The van der Waals surface area contributed by atoms with Crippen LogP contribution in [0.15, 0.2) is 17.3 Å². The SMILES string of the molecule is Cc1sc(N)nc1/C(=N/OC(C)(C)C(=O)O)C(=O)N[C@@H]1C(=O)N2C[C@@](C(=O)O)(N3CCN(NC(=O)CCNC(=O)C(=O)c4ccc(O)c(O)c4Cl)C3=O)S[C@H]12. The summed E-state index contributed by atoms with van der Waals surface area (Å²) in [6, 6.07) is -0.254. The highest BCUT2D eigenvalue weighted by Gasteiger charge is 2.66. The molecular formula is C30H32ClN9O13S2. The lowest BCUT2D eigenvalue weighted by Gasteiger charge is -2.41. The van der Waals surface area contributed by atoms with Gasteiger partial charge in [-0.1, -0.05) is 28.5 Å². The van der Waals surface area contributed by atoms with Gasteiger partial charge in [0.2, 0.25) is 22.3 Å². The smallest absolute Gasteiger partial charge is 0.350 e. The predicted molar refractivity (Wildman–Crippen MR) is 190 cm³/mol. The molecule has 55 heavy (non-hydrogen) atoms. The number of Topliss-reactive ketones (excluding diaryl/α,β-unsaturated/α-hetero) is 1. The van der Waals surface area contributed by atoms with Gasteiger partial charge in [-0.2, -0.15) is 0 Å². The summed E-state index contributed by atoms with van der Waals surface area (Å²) in [6.45, 7) is 2.72. The van der Waals surface area contributed by atoms with E-state index in [1.165, 1.54) is 13.8 Å². The molecule has 294 valence electrons. The molecule has 0 spiro atoms. The van der Waals surface area contributed by atoms with Gasteiger partial charge in [0.1, 0.15) is 17.1 Å². The van der Waals surface area contributed by atoms with Crippen molar-refractivity contribution in [3.8, 4) is 11.5 Å². The fraction of sp³-hybridized carbons (Fsp3) is 0.400. The molecule has 25 heteroatoms. The maximum absolute atomic E-state index is 13.5. The molecule has 5 rings (SSSR count). The van der Waals surface area contributed by atoms with Gasteiger partial charge in [0.15, 0.2) is 22.3 Å². The minimum Gasteiger partial charge on any atom is -0.504 e. The summed E-state index contributed by atoms with van der Waals surface area (Å²) in [6.07, 6.45) is -0.431. The molecule has 2 aromatic rings. The fourth-order valence-corrected chi connectivity index (χ4v) is 8.02. The Morgan fingerprint density at radius 2 is 1.82 bits per heavy atom. The summed E-state index contributed by atoms with van der Waals surface area (Å²) in [5.74, 6) is -9.11. The lowest BCUT2D eigenvalue weighted by Crippen LogP contribution is -2.68.